The molecule has 18 heavy (non-hydrogen) atoms. The van der Waals surface area contributed by atoms with Crippen molar-refractivity contribution < 1.29 is 0 Å². The number of hydrogen-bond donors (Lipinski definition) is 1. The molecular weight excluding hydrogens is 310 g/mol. The number of halogens is 2. The van der Waals surface area contributed by atoms with Gasteiger partial charge in [0.05, 0.1) is 5.02 Å². The summed E-state index contributed by atoms with van der Waals surface area (Å²) < 4.78 is 0.981. The minimum absolute atomic E-state index is 0.778. The minimum Gasteiger partial charge on any atom is -0.313 e. The zero-order chi connectivity index (χ0) is 12.8. The second-order valence-corrected chi connectivity index (χ2v) is 6.48. The fourth-order valence-corrected chi connectivity index (χ4v) is 3.24. The van der Waals surface area contributed by atoms with E-state index in [0.29, 0.717) is 0 Å². The first-order valence-electron chi connectivity index (χ1n) is 6.90. The summed E-state index contributed by atoms with van der Waals surface area (Å²) in [7, 11) is 0. The van der Waals surface area contributed by atoms with E-state index >= 15 is 0 Å². The van der Waals surface area contributed by atoms with Crippen LogP contribution in [0.5, 0.6) is 0 Å². The third kappa shape index (κ3) is 4.56. The van der Waals surface area contributed by atoms with Crippen molar-refractivity contribution in [3.8, 4) is 0 Å². The van der Waals surface area contributed by atoms with Gasteiger partial charge in [0, 0.05) is 11.0 Å². The molecule has 0 radical (unpaired) electrons. The quantitative estimate of drug-likeness (QED) is 0.710. The molecule has 0 heterocycles. The highest BCUT2D eigenvalue weighted by atomic mass is 79.9. The highest BCUT2D eigenvalue weighted by molar-refractivity contribution is 9.10. The van der Waals surface area contributed by atoms with Gasteiger partial charge in [0.1, 0.15) is 0 Å². The predicted molar refractivity (Wildman–Crippen MR) is 82.1 cm³/mol. The minimum atomic E-state index is 0.778. The van der Waals surface area contributed by atoms with Crippen LogP contribution < -0.4 is 5.32 Å². The van der Waals surface area contributed by atoms with Gasteiger partial charge in [-0.2, -0.15) is 0 Å². The Hall–Kier alpha value is -0.0500. The summed E-state index contributed by atoms with van der Waals surface area (Å²) in [6, 6.07) is 6.12. The Bertz CT molecular complexity index is 375. The molecule has 1 nitrogen and oxygen atoms in total. The zero-order valence-electron chi connectivity index (χ0n) is 10.7. The van der Waals surface area contributed by atoms with Gasteiger partial charge in [-0.1, -0.05) is 43.4 Å². The maximum atomic E-state index is 5.97. The average Bonchev–Trinajstić information content (AvgIpc) is 2.86. The van der Waals surface area contributed by atoms with Crippen LogP contribution in [0.4, 0.5) is 0 Å². The highest BCUT2D eigenvalue weighted by Gasteiger charge is 2.13. The molecule has 0 amide bonds. The van der Waals surface area contributed by atoms with Crippen molar-refractivity contribution in [2.24, 2.45) is 5.92 Å². The van der Waals surface area contributed by atoms with E-state index in [1.54, 1.807) is 0 Å². The van der Waals surface area contributed by atoms with Gasteiger partial charge in [-0.05, 0) is 58.9 Å². The molecule has 1 fully saturated rings. The van der Waals surface area contributed by atoms with Gasteiger partial charge < -0.3 is 5.32 Å². The van der Waals surface area contributed by atoms with Gasteiger partial charge in [0.2, 0.25) is 0 Å². The van der Waals surface area contributed by atoms with Gasteiger partial charge in [-0.3, -0.25) is 0 Å². The first-order valence-corrected chi connectivity index (χ1v) is 8.07. The van der Waals surface area contributed by atoms with Crippen LogP contribution in [0.25, 0.3) is 0 Å². The van der Waals surface area contributed by atoms with E-state index in [1.807, 2.05) is 6.07 Å². The van der Waals surface area contributed by atoms with Crippen LogP contribution >= 0.6 is 27.5 Å². The molecule has 1 N–H and O–H groups in total. The molecule has 0 bridgehead atoms. The Labute approximate surface area is 123 Å². The average molecular weight is 331 g/mol. The second kappa shape index (κ2) is 7.52. The molecule has 1 aliphatic rings. The zero-order valence-corrected chi connectivity index (χ0v) is 13.1. The highest BCUT2D eigenvalue weighted by Crippen LogP contribution is 2.28. The van der Waals surface area contributed by atoms with E-state index in [-0.39, 0.29) is 0 Å². The third-order valence-corrected chi connectivity index (χ3v) is 4.97. The van der Waals surface area contributed by atoms with Crippen molar-refractivity contribution in [2.45, 2.75) is 45.1 Å². The summed E-state index contributed by atoms with van der Waals surface area (Å²) in [6.45, 7) is 2.05. The van der Waals surface area contributed by atoms with Crippen LogP contribution in [0.15, 0.2) is 22.7 Å². The summed E-state index contributed by atoms with van der Waals surface area (Å²) >= 11 is 9.42. The van der Waals surface area contributed by atoms with Crippen LogP contribution in [0.1, 0.15) is 44.1 Å². The van der Waals surface area contributed by atoms with Crippen molar-refractivity contribution in [1.82, 2.24) is 5.32 Å². The van der Waals surface area contributed by atoms with E-state index in [0.717, 1.165) is 28.5 Å². The molecule has 1 aromatic rings. The lowest BCUT2D eigenvalue weighted by Gasteiger charge is -2.09. The number of nitrogens with one attached hydrogen (secondary N) is 1. The van der Waals surface area contributed by atoms with E-state index in [1.165, 1.54) is 44.1 Å². The van der Waals surface area contributed by atoms with Crippen LogP contribution in [0.3, 0.4) is 0 Å². The van der Waals surface area contributed by atoms with Crippen molar-refractivity contribution in [2.75, 3.05) is 6.54 Å². The Kier molecular flexibility index (Phi) is 6.00. The largest absolute Gasteiger partial charge is 0.313 e. The van der Waals surface area contributed by atoms with Gasteiger partial charge in [0.25, 0.3) is 0 Å². The van der Waals surface area contributed by atoms with Gasteiger partial charge in [-0.15, -0.1) is 0 Å². The number of rotatable bonds is 6. The molecule has 3 heteroatoms. The van der Waals surface area contributed by atoms with Crippen molar-refractivity contribution >= 4 is 27.5 Å². The first kappa shape index (κ1) is 14.4. The van der Waals surface area contributed by atoms with E-state index in [2.05, 4.69) is 33.4 Å². The monoisotopic (exact) mass is 329 g/mol. The van der Waals surface area contributed by atoms with E-state index < -0.39 is 0 Å². The molecule has 0 unspecified atom stereocenters. The molecule has 0 atom stereocenters. The number of benzene rings is 1. The topological polar surface area (TPSA) is 12.0 Å². The first-order chi connectivity index (χ1) is 8.75. The summed E-state index contributed by atoms with van der Waals surface area (Å²) in [5, 5.41) is 4.29. The lowest BCUT2D eigenvalue weighted by Crippen LogP contribution is -2.15. The van der Waals surface area contributed by atoms with Gasteiger partial charge >= 0.3 is 0 Å². The molecular formula is C15H21BrClN. The van der Waals surface area contributed by atoms with Crippen molar-refractivity contribution in [1.29, 1.82) is 0 Å². The summed E-state index contributed by atoms with van der Waals surface area (Å²) in [5.74, 6) is 1.01. The summed E-state index contributed by atoms with van der Waals surface area (Å²) in [5.41, 5.74) is 1.28. The number of hydrogen-bond acceptors (Lipinski definition) is 1. The molecule has 2 rings (SSSR count). The van der Waals surface area contributed by atoms with Gasteiger partial charge in [-0.25, -0.2) is 0 Å². The molecule has 1 aromatic carbocycles. The maximum Gasteiger partial charge on any atom is 0.0548 e. The third-order valence-electron chi connectivity index (χ3n) is 3.75. The normalized spacial score (nSPS) is 16.3. The van der Waals surface area contributed by atoms with Crippen LogP contribution in [0, 0.1) is 5.92 Å². The lowest BCUT2D eigenvalue weighted by atomic mass is 10.0. The fourth-order valence-electron chi connectivity index (χ4n) is 2.70. The predicted octanol–water partition coefficient (Wildman–Crippen LogP) is 5.16. The van der Waals surface area contributed by atoms with Crippen molar-refractivity contribution in [3.05, 3.63) is 33.3 Å². The molecule has 0 spiro atoms. The summed E-state index contributed by atoms with van der Waals surface area (Å²) in [6.07, 6.45) is 8.54. The second-order valence-electron chi connectivity index (χ2n) is 5.22. The Morgan fingerprint density at radius 2 is 2.06 bits per heavy atom. The SMILES string of the molecule is Clc1ccc(CNCCCC2CCCC2)cc1Br. The molecule has 1 saturated carbocycles. The molecule has 0 aliphatic heterocycles. The smallest absolute Gasteiger partial charge is 0.0548 e. The Morgan fingerprint density at radius 1 is 1.28 bits per heavy atom. The molecule has 100 valence electrons. The van der Waals surface area contributed by atoms with E-state index in [4.69, 9.17) is 11.6 Å². The van der Waals surface area contributed by atoms with Crippen LogP contribution in [-0.2, 0) is 6.54 Å². The Morgan fingerprint density at radius 3 is 2.78 bits per heavy atom. The molecule has 0 saturated heterocycles. The molecule has 0 aromatic heterocycles. The standard InChI is InChI=1S/C15H21BrClN/c16-14-10-13(7-8-15(14)17)11-18-9-3-6-12-4-1-2-5-12/h7-8,10,12,18H,1-6,9,11H2. The van der Waals surface area contributed by atoms with E-state index in [9.17, 15) is 0 Å². The van der Waals surface area contributed by atoms with Crippen LogP contribution in [-0.4, -0.2) is 6.54 Å². The van der Waals surface area contributed by atoms with Gasteiger partial charge in [0.15, 0.2) is 0 Å². The lowest BCUT2D eigenvalue weighted by molar-refractivity contribution is 0.470. The van der Waals surface area contributed by atoms with Crippen molar-refractivity contribution in [3.63, 3.8) is 0 Å². The molecule has 1 aliphatic carbocycles. The fraction of sp³-hybridized carbons (Fsp3) is 0.600. The summed E-state index contributed by atoms with van der Waals surface area (Å²) in [4.78, 5) is 0. The van der Waals surface area contributed by atoms with Crippen LogP contribution in [0.2, 0.25) is 5.02 Å². The Balaban J connectivity index is 1.61. The maximum absolute atomic E-state index is 5.97.